The summed E-state index contributed by atoms with van der Waals surface area (Å²) in [6.07, 6.45) is 3.30. The lowest BCUT2D eigenvalue weighted by atomic mass is 9.88. The van der Waals surface area contributed by atoms with Crippen LogP contribution in [0.15, 0.2) is 30.3 Å². The van der Waals surface area contributed by atoms with Crippen molar-refractivity contribution < 1.29 is 48.3 Å². The minimum Gasteiger partial charge on any atom is -0.393 e. The number of unbranched alkanes of at least 4 members (excludes halogenated alkanes) is 4. The third-order valence-electron chi connectivity index (χ3n) is 12.8. The van der Waals surface area contributed by atoms with Crippen molar-refractivity contribution in [2.45, 2.75) is 180 Å². The van der Waals surface area contributed by atoms with Gasteiger partial charge in [-0.05, 0) is 82.0 Å². The number of aliphatic hydroxyl groups excluding tert-OH is 1. The summed E-state index contributed by atoms with van der Waals surface area (Å²) in [6.45, 7) is 8.88. The molecule has 1 fully saturated rings. The first-order chi connectivity index (χ1) is 34.8. The van der Waals surface area contributed by atoms with Crippen LogP contribution in [0.1, 0.15) is 136 Å². The van der Waals surface area contributed by atoms with E-state index in [0.717, 1.165) is 32.1 Å². The molecule has 16 N–H and O–H groups in total. The lowest BCUT2D eigenvalue weighted by molar-refractivity contribution is -0.136. The quantitative estimate of drug-likeness (QED) is 0.0575. The van der Waals surface area contributed by atoms with Gasteiger partial charge in [0.25, 0.3) is 0 Å². The van der Waals surface area contributed by atoms with Crippen molar-refractivity contribution in [2.75, 3.05) is 32.7 Å². The van der Waals surface area contributed by atoms with Crippen molar-refractivity contribution in [2.24, 2.45) is 46.6 Å². The van der Waals surface area contributed by atoms with Crippen LogP contribution in [0.2, 0.25) is 0 Å². The molecular weight excluding hydrogens is 939 g/mol. The van der Waals surface area contributed by atoms with E-state index in [1.807, 2.05) is 27.7 Å². The Labute approximate surface area is 432 Å². The largest absolute Gasteiger partial charge is 0.393 e. The number of aliphatic hydroxyl groups is 1. The van der Waals surface area contributed by atoms with E-state index in [9.17, 15) is 48.3 Å². The second kappa shape index (κ2) is 35.0. The molecule has 9 atom stereocenters. The summed E-state index contributed by atoms with van der Waals surface area (Å²) in [7, 11) is 0. The van der Waals surface area contributed by atoms with E-state index >= 15 is 0 Å². The molecule has 21 heteroatoms. The normalized spacial score (nSPS) is 23.3. The van der Waals surface area contributed by atoms with Gasteiger partial charge in [0.1, 0.15) is 24.2 Å². The average Bonchev–Trinajstić information content (AvgIpc) is 3.33. The zero-order chi connectivity index (χ0) is 54.5. The number of amides is 7. The standard InChI is InChI=1S/C52H89N11O10/c1-6-7-8-9-13-16-37(64)30-46(67)58-43(31-56)45(66)28-35-20-24-57-49(70)41(26-33(4)5)63-51(72)40(19-23-55)60-50(71)39(18-22-54)61-52(73)42(27-34-14-11-10-12-15-34)62-48(69)36(25-32(2)3)29-44(65)38(17-21-53)59-47(35)68/h10-12,14-15,32-33,35-43,64H,6-9,13,16-31,53-56H2,1-5H3,(H,57,70)(H,58,67)(H,59,68)(H,60,71)(H,61,73)(H,62,69)(H,63,72)/t35-,36+,37-,38+,39+,40+,41+,42+,43-/m1/s1. The third kappa shape index (κ3) is 24.5. The highest BCUT2D eigenvalue weighted by Crippen LogP contribution is 2.20. The lowest BCUT2D eigenvalue weighted by Crippen LogP contribution is -2.59. The highest BCUT2D eigenvalue weighted by molar-refractivity contribution is 5.98. The van der Waals surface area contributed by atoms with Crippen molar-refractivity contribution in [1.82, 2.24) is 37.2 Å². The molecule has 2 rings (SSSR count). The van der Waals surface area contributed by atoms with Crippen molar-refractivity contribution in [3.05, 3.63) is 35.9 Å². The number of hydrogen-bond acceptors (Lipinski definition) is 14. The van der Waals surface area contributed by atoms with E-state index in [4.69, 9.17) is 22.9 Å². The third-order valence-corrected chi connectivity index (χ3v) is 12.8. The van der Waals surface area contributed by atoms with Crippen LogP contribution in [-0.4, -0.2) is 133 Å². The van der Waals surface area contributed by atoms with E-state index in [2.05, 4.69) is 44.1 Å². The zero-order valence-corrected chi connectivity index (χ0v) is 44.0. The maximum absolute atomic E-state index is 14.4. The summed E-state index contributed by atoms with van der Waals surface area (Å²) in [5, 5.41) is 29.6. The number of hydrogen-bond donors (Lipinski definition) is 12. The van der Waals surface area contributed by atoms with Crippen molar-refractivity contribution in [1.29, 1.82) is 0 Å². The number of Topliss-reactive ketones (excluding diaryl/α,β-unsaturated/α-hetero) is 2. The van der Waals surface area contributed by atoms with Crippen LogP contribution in [0.3, 0.4) is 0 Å². The van der Waals surface area contributed by atoms with Gasteiger partial charge >= 0.3 is 0 Å². The fourth-order valence-corrected chi connectivity index (χ4v) is 8.77. The first-order valence-corrected chi connectivity index (χ1v) is 26.4. The van der Waals surface area contributed by atoms with Crippen LogP contribution < -0.4 is 60.2 Å². The summed E-state index contributed by atoms with van der Waals surface area (Å²) in [5.41, 5.74) is 24.4. The van der Waals surface area contributed by atoms with Crippen LogP contribution in [0, 0.1) is 23.7 Å². The van der Waals surface area contributed by atoms with Crippen LogP contribution in [0.25, 0.3) is 0 Å². The van der Waals surface area contributed by atoms with E-state index < -0.39 is 114 Å². The van der Waals surface area contributed by atoms with Crippen LogP contribution in [0.4, 0.5) is 0 Å². The number of nitrogens with two attached hydrogens (primary N) is 4. The molecule has 1 aromatic carbocycles. The molecule has 1 aromatic rings. The number of carbonyl (C=O) groups excluding carboxylic acids is 9. The molecule has 0 saturated carbocycles. The molecule has 0 unspecified atom stereocenters. The zero-order valence-electron chi connectivity index (χ0n) is 44.0. The Bertz CT molecular complexity index is 1910. The smallest absolute Gasteiger partial charge is 0.243 e. The van der Waals surface area contributed by atoms with Gasteiger partial charge in [-0.3, -0.25) is 43.2 Å². The summed E-state index contributed by atoms with van der Waals surface area (Å²) in [4.78, 5) is 126. The van der Waals surface area contributed by atoms with Gasteiger partial charge in [0, 0.05) is 44.2 Å². The van der Waals surface area contributed by atoms with Crippen molar-refractivity contribution >= 4 is 52.9 Å². The van der Waals surface area contributed by atoms with Crippen LogP contribution in [-0.2, 0) is 49.6 Å². The lowest BCUT2D eigenvalue weighted by Gasteiger charge is -2.27. The Hall–Kier alpha value is -5.35. The second-order valence-electron chi connectivity index (χ2n) is 20.2. The fraction of sp³-hybridized carbons (Fsp3) is 0.712. The van der Waals surface area contributed by atoms with E-state index in [-0.39, 0.29) is 102 Å². The Morgan fingerprint density at radius 2 is 1.16 bits per heavy atom. The van der Waals surface area contributed by atoms with E-state index in [1.165, 1.54) is 0 Å². The van der Waals surface area contributed by atoms with Crippen LogP contribution in [0.5, 0.6) is 0 Å². The van der Waals surface area contributed by atoms with Gasteiger partial charge in [-0.2, -0.15) is 0 Å². The minimum atomic E-state index is -1.26. The van der Waals surface area contributed by atoms with Crippen molar-refractivity contribution in [3.63, 3.8) is 0 Å². The Kier molecular flexibility index (Phi) is 30.5. The fourth-order valence-electron chi connectivity index (χ4n) is 8.77. The van der Waals surface area contributed by atoms with E-state index in [0.29, 0.717) is 12.0 Å². The number of carbonyl (C=O) groups is 9. The molecule has 0 aliphatic carbocycles. The molecule has 412 valence electrons. The molecule has 0 bridgehead atoms. The Morgan fingerprint density at radius 3 is 1.73 bits per heavy atom. The molecule has 1 aliphatic rings. The van der Waals surface area contributed by atoms with Gasteiger partial charge in [-0.1, -0.05) is 97.1 Å². The molecule has 21 nitrogen and oxygen atoms in total. The number of nitrogens with one attached hydrogen (secondary N) is 7. The highest BCUT2D eigenvalue weighted by atomic mass is 16.3. The highest BCUT2D eigenvalue weighted by Gasteiger charge is 2.36. The predicted molar refractivity (Wildman–Crippen MR) is 279 cm³/mol. The van der Waals surface area contributed by atoms with Gasteiger partial charge in [-0.25, -0.2) is 0 Å². The van der Waals surface area contributed by atoms with Gasteiger partial charge < -0.3 is 65.3 Å². The van der Waals surface area contributed by atoms with Gasteiger partial charge in [0.2, 0.25) is 41.4 Å². The number of rotatable bonds is 25. The molecule has 73 heavy (non-hydrogen) atoms. The summed E-state index contributed by atoms with van der Waals surface area (Å²) >= 11 is 0. The first kappa shape index (κ1) is 63.8. The minimum absolute atomic E-state index is 0.00294. The predicted octanol–water partition coefficient (Wildman–Crippen LogP) is 0.0174. The summed E-state index contributed by atoms with van der Waals surface area (Å²) in [5.74, 6) is -8.34. The molecule has 1 heterocycles. The number of ketones is 2. The second-order valence-corrected chi connectivity index (χ2v) is 20.2. The Balaban J connectivity index is 2.64. The number of benzene rings is 1. The molecule has 0 aromatic heterocycles. The van der Waals surface area contributed by atoms with Gasteiger partial charge in [0.05, 0.1) is 24.6 Å². The van der Waals surface area contributed by atoms with Gasteiger partial charge in [0.15, 0.2) is 11.6 Å². The average molecular weight is 1030 g/mol. The first-order valence-electron chi connectivity index (χ1n) is 26.4. The monoisotopic (exact) mass is 1030 g/mol. The van der Waals surface area contributed by atoms with Crippen molar-refractivity contribution in [3.8, 4) is 0 Å². The van der Waals surface area contributed by atoms with E-state index in [1.54, 1.807) is 30.3 Å². The summed E-state index contributed by atoms with van der Waals surface area (Å²) < 4.78 is 0. The molecule has 1 aliphatic heterocycles. The van der Waals surface area contributed by atoms with Crippen LogP contribution >= 0.6 is 0 Å². The molecule has 1 saturated heterocycles. The SMILES string of the molecule is CCCCCCC[C@@H](O)CC(=O)N[C@H](CN)C(=O)C[C@H]1CCNC(=O)[C@H](CC(C)C)NC(=O)[C@H](CCN)NC(=O)[C@H](CCN)NC(=O)[C@H](Cc2ccccc2)NC(=O)[C@@H](CC(C)C)CC(=O)[C@H](CCN)NC1=O. The van der Waals surface area contributed by atoms with Gasteiger partial charge in [-0.15, -0.1) is 0 Å². The molecular formula is C52H89N11O10. The maximum Gasteiger partial charge on any atom is 0.243 e. The topological polar surface area (TPSA) is 362 Å². The summed E-state index contributed by atoms with van der Waals surface area (Å²) in [6, 6.07) is 1.52. The maximum atomic E-state index is 14.4. The Morgan fingerprint density at radius 1 is 0.644 bits per heavy atom. The molecule has 7 amide bonds. The molecule has 0 radical (unpaired) electrons. The molecule has 0 spiro atoms.